The van der Waals surface area contributed by atoms with E-state index in [1.807, 2.05) is 12.1 Å². The van der Waals surface area contributed by atoms with Crippen molar-refractivity contribution in [2.24, 2.45) is 5.10 Å². The Morgan fingerprint density at radius 3 is 2.48 bits per heavy atom. The number of non-ortho nitro benzene ring substituents is 1. The van der Waals surface area contributed by atoms with E-state index in [0.717, 1.165) is 5.70 Å². The number of nitro benzene ring substituents is 1. The van der Waals surface area contributed by atoms with Gasteiger partial charge in [-0.2, -0.15) is 5.10 Å². The zero-order valence-corrected chi connectivity index (χ0v) is 14.4. The van der Waals surface area contributed by atoms with E-state index in [4.69, 9.17) is 0 Å². The molecule has 1 aliphatic rings. The van der Waals surface area contributed by atoms with Crippen LogP contribution in [-0.2, 0) is 5.41 Å². The van der Waals surface area contributed by atoms with Gasteiger partial charge in [0.2, 0.25) is 0 Å². The maximum absolute atomic E-state index is 10.6. The van der Waals surface area contributed by atoms with Gasteiger partial charge in [-0.3, -0.25) is 15.5 Å². The summed E-state index contributed by atoms with van der Waals surface area (Å²) in [5, 5.41) is 14.8. The van der Waals surface area contributed by atoms with E-state index in [1.165, 1.54) is 23.4 Å². The average molecular weight is 336 g/mol. The Morgan fingerprint density at radius 1 is 1.16 bits per heavy atom. The summed E-state index contributed by atoms with van der Waals surface area (Å²) in [7, 11) is 2.05. The molecule has 2 aromatic carbocycles. The van der Waals surface area contributed by atoms with Crippen molar-refractivity contribution in [1.82, 2.24) is 0 Å². The van der Waals surface area contributed by atoms with Gasteiger partial charge < -0.3 is 4.90 Å². The van der Waals surface area contributed by atoms with Crippen molar-refractivity contribution in [3.63, 3.8) is 0 Å². The minimum Gasteiger partial charge on any atom is -0.347 e. The standard InChI is InChI=1S/C19H20N4O2/c1-19(2)16-6-4-5-7-17(16)22(3)18(19)12-13-20-21-14-8-10-15(11-9-14)23(24)25/h4-13,21H,1-3H3/b18-12-,20-13-. The third kappa shape index (κ3) is 3.10. The molecule has 0 spiro atoms. The van der Waals surface area contributed by atoms with E-state index in [0.29, 0.717) is 5.69 Å². The molecular weight excluding hydrogens is 316 g/mol. The summed E-state index contributed by atoms with van der Waals surface area (Å²) in [5.74, 6) is 0. The zero-order valence-electron chi connectivity index (χ0n) is 14.4. The van der Waals surface area contributed by atoms with Crippen LogP contribution >= 0.6 is 0 Å². The van der Waals surface area contributed by atoms with Crippen molar-refractivity contribution in [2.75, 3.05) is 17.4 Å². The molecule has 1 N–H and O–H groups in total. The molecule has 0 bridgehead atoms. The van der Waals surface area contributed by atoms with Gasteiger partial charge in [-0.05, 0) is 29.8 Å². The normalized spacial score (nSPS) is 17.1. The van der Waals surface area contributed by atoms with Crippen molar-refractivity contribution in [3.05, 3.63) is 76.0 Å². The minimum atomic E-state index is -0.423. The summed E-state index contributed by atoms with van der Waals surface area (Å²) >= 11 is 0. The molecule has 0 aromatic heterocycles. The fraction of sp³-hybridized carbons (Fsp3) is 0.211. The molecule has 0 amide bonds. The first-order chi connectivity index (χ1) is 11.9. The molecule has 3 rings (SSSR count). The van der Waals surface area contributed by atoms with Crippen molar-refractivity contribution >= 4 is 23.3 Å². The first-order valence-electron chi connectivity index (χ1n) is 7.99. The van der Waals surface area contributed by atoms with Crippen molar-refractivity contribution in [2.45, 2.75) is 19.3 Å². The second-order valence-corrected chi connectivity index (χ2v) is 6.45. The molecule has 0 saturated heterocycles. The highest BCUT2D eigenvalue weighted by Crippen LogP contribution is 2.46. The van der Waals surface area contributed by atoms with Crippen LogP contribution in [0.3, 0.4) is 0 Å². The van der Waals surface area contributed by atoms with Crippen LogP contribution in [0.1, 0.15) is 19.4 Å². The Morgan fingerprint density at radius 2 is 1.84 bits per heavy atom. The van der Waals surface area contributed by atoms with E-state index in [2.05, 4.69) is 54.5 Å². The Kier molecular flexibility index (Phi) is 4.27. The second-order valence-electron chi connectivity index (χ2n) is 6.45. The van der Waals surface area contributed by atoms with Gasteiger partial charge in [0.25, 0.3) is 5.69 Å². The molecule has 25 heavy (non-hydrogen) atoms. The molecule has 2 aromatic rings. The summed E-state index contributed by atoms with van der Waals surface area (Å²) < 4.78 is 0. The lowest BCUT2D eigenvalue weighted by Crippen LogP contribution is -2.23. The molecule has 6 nitrogen and oxygen atoms in total. The number of nitrogens with one attached hydrogen (secondary N) is 1. The molecule has 0 fully saturated rings. The van der Waals surface area contributed by atoms with Gasteiger partial charge in [0.1, 0.15) is 0 Å². The number of allylic oxidation sites excluding steroid dienone is 2. The highest BCUT2D eigenvalue weighted by Gasteiger charge is 2.37. The average Bonchev–Trinajstić information content (AvgIpc) is 2.79. The number of nitro groups is 1. The van der Waals surface area contributed by atoms with Gasteiger partial charge in [-0.15, -0.1) is 0 Å². The van der Waals surface area contributed by atoms with Gasteiger partial charge in [0, 0.05) is 42.2 Å². The largest absolute Gasteiger partial charge is 0.347 e. The molecule has 1 aliphatic heterocycles. The monoisotopic (exact) mass is 336 g/mol. The minimum absolute atomic E-state index is 0.0590. The smallest absolute Gasteiger partial charge is 0.269 e. The summed E-state index contributed by atoms with van der Waals surface area (Å²) in [6.07, 6.45) is 3.69. The van der Waals surface area contributed by atoms with Crippen molar-refractivity contribution in [3.8, 4) is 0 Å². The van der Waals surface area contributed by atoms with Gasteiger partial charge in [-0.1, -0.05) is 32.0 Å². The first kappa shape index (κ1) is 16.7. The SMILES string of the molecule is CN1/C(=C\C=N/Nc2ccc([N+](=O)[O-])cc2)C(C)(C)c2ccccc21. The van der Waals surface area contributed by atoms with E-state index < -0.39 is 4.92 Å². The lowest BCUT2D eigenvalue weighted by atomic mass is 9.84. The molecule has 0 radical (unpaired) electrons. The highest BCUT2D eigenvalue weighted by molar-refractivity contribution is 5.79. The Bertz CT molecular complexity index is 854. The fourth-order valence-corrected chi connectivity index (χ4v) is 3.18. The first-order valence-corrected chi connectivity index (χ1v) is 7.99. The Hall–Kier alpha value is -3.15. The number of anilines is 2. The van der Waals surface area contributed by atoms with Crippen LogP contribution in [0.2, 0.25) is 0 Å². The predicted molar refractivity (Wildman–Crippen MR) is 101 cm³/mol. The van der Waals surface area contributed by atoms with Crippen LogP contribution in [0.25, 0.3) is 0 Å². The molecule has 0 atom stereocenters. The number of hydrazone groups is 1. The molecule has 0 aliphatic carbocycles. The van der Waals surface area contributed by atoms with Gasteiger partial charge in [0.15, 0.2) is 0 Å². The number of nitrogens with zero attached hydrogens (tertiary/aromatic N) is 3. The van der Waals surface area contributed by atoms with E-state index in [9.17, 15) is 10.1 Å². The number of hydrogen-bond acceptors (Lipinski definition) is 5. The number of benzene rings is 2. The highest BCUT2D eigenvalue weighted by atomic mass is 16.6. The second kappa shape index (κ2) is 6.39. The molecule has 0 saturated carbocycles. The van der Waals surface area contributed by atoms with Crippen LogP contribution < -0.4 is 10.3 Å². The molecular formula is C19H20N4O2. The summed E-state index contributed by atoms with van der Waals surface area (Å²) in [4.78, 5) is 12.4. The van der Waals surface area contributed by atoms with Crippen molar-refractivity contribution in [1.29, 1.82) is 0 Å². The van der Waals surface area contributed by atoms with Crippen molar-refractivity contribution < 1.29 is 4.92 Å². The molecule has 6 heteroatoms. The quantitative estimate of drug-likeness (QED) is 0.513. The van der Waals surface area contributed by atoms with E-state index in [1.54, 1.807) is 18.3 Å². The van der Waals surface area contributed by atoms with Crippen LogP contribution in [-0.4, -0.2) is 18.2 Å². The third-order valence-corrected chi connectivity index (χ3v) is 4.52. The van der Waals surface area contributed by atoms with Gasteiger partial charge >= 0.3 is 0 Å². The number of likely N-dealkylation sites (N-methyl/N-ethyl adjacent to an activating group) is 1. The summed E-state index contributed by atoms with van der Waals surface area (Å²) in [6.45, 7) is 4.39. The van der Waals surface area contributed by atoms with E-state index >= 15 is 0 Å². The lowest BCUT2D eigenvalue weighted by molar-refractivity contribution is -0.384. The third-order valence-electron chi connectivity index (χ3n) is 4.52. The topological polar surface area (TPSA) is 70.8 Å². The Labute approximate surface area is 146 Å². The maximum atomic E-state index is 10.6. The van der Waals surface area contributed by atoms with E-state index in [-0.39, 0.29) is 11.1 Å². The van der Waals surface area contributed by atoms with Gasteiger partial charge in [-0.25, -0.2) is 0 Å². The summed E-state index contributed by atoms with van der Waals surface area (Å²) in [5.41, 5.74) is 7.20. The van der Waals surface area contributed by atoms with Crippen LogP contribution in [0.5, 0.6) is 0 Å². The predicted octanol–water partition coefficient (Wildman–Crippen LogP) is 4.30. The van der Waals surface area contributed by atoms with Crippen LogP contribution in [0.4, 0.5) is 17.1 Å². The Balaban J connectivity index is 1.74. The lowest BCUT2D eigenvalue weighted by Gasteiger charge is -2.23. The number of rotatable bonds is 4. The fourth-order valence-electron chi connectivity index (χ4n) is 3.18. The maximum Gasteiger partial charge on any atom is 0.269 e. The van der Waals surface area contributed by atoms with Gasteiger partial charge in [0.05, 0.1) is 10.6 Å². The van der Waals surface area contributed by atoms with Crippen LogP contribution in [0.15, 0.2) is 65.4 Å². The zero-order chi connectivity index (χ0) is 18.0. The molecule has 1 heterocycles. The number of fused-ring (bicyclic) bond motifs is 1. The molecule has 128 valence electrons. The number of para-hydroxylation sites is 1. The summed E-state index contributed by atoms with van der Waals surface area (Å²) in [6, 6.07) is 14.5. The van der Waals surface area contributed by atoms with Crippen LogP contribution in [0, 0.1) is 10.1 Å². The molecule has 0 unspecified atom stereocenters. The number of hydrogen-bond donors (Lipinski definition) is 1.